The van der Waals surface area contributed by atoms with Crippen LogP contribution in [0.2, 0.25) is 0 Å². The average Bonchev–Trinajstić information content (AvgIpc) is 2.43. The van der Waals surface area contributed by atoms with Gasteiger partial charge in [0.15, 0.2) is 6.04 Å². The van der Waals surface area contributed by atoms with E-state index in [2.05, 4.69) is 10.6 Å². The van der Waals surface area contributed by atoms with E-state index in [1.54, 1.807) is 30.3 Å². The lowest BCUT2D eigenvalue weighted by molar-refractivity contribution is -0.139. The normalized spacial score (nSPS) is 13.5. The van der Waals surface area contributed by atoms with Crippen LogP contribution in [-0.4, -0.2) is 48.7 Å². The van der Waals surface area contributed by atoms with Gasteiger partial charge in [-0.1, -0.05) is 30.3 Å². The zero-order chi connectivity index (χ0) is 15.8. The van der Waals surface area contributed by atoms with E-state index < -0.39 is 18.0 Å². The third-order valence-electron chi connectivity index (χ3n) is 3.04. The fourth-order valence-corrected chi connectivity index (χ4v) is 1.85. The number of carbonyl (C=O) groups is 2. The summed E-state index contributed by atoms with van der Waals surface area (Å²) in [6.45, 7) is 2.74. The molecule has 3 N–H and O–H groups in total. The number of hydrogen-bond acceptors (Lipinski definition) is 3. The van der Waals surface area contributed by atoms with Crippen molar-refractivity contribution in [3.63, 3.8) is 0 Å². The molecule has 0 heterocycles. The van der Waals surface area contributed by atoms with Crippen molar-refractivity contribution >= 4 is 12.0 Å². The average molecular weight is 293 g/mol. The van der Waals surface area contributed by atoms with Crippen LogP contribution in [0.15, 0.2) is 30.3 Å². The van der Waals surface area contributed by atoms with Gasteiger partial charge in [0.05, 0.1) is 0 Å². The number of carbonyl (C=O) groups excluding carboxylic acids is 1. The van der Waals surface area contributed by atoms with E-state index in [1.165, 1.54) is 0 Å². The molecular formula is C15H23N3O3. The van der Waals surface area contributed by atoms with Gasteiger partial charge in [0.1, 0.15) is 0 Å². The molecule has 2 atom stereocenters. The standard InChI is InChI=1S/C15H23N3O3/c1-11(9-10-18(2)3)16-15(21)17-13(14(19)20)12-7-5-4-6-8-12/h4-8,11,13H,9-10H2,1-3H3,(H,19,20)(H2,16,17,21)/t11?,13-/m0/s1. The highest BCUT2D eigenvalue weighted by Gasteiger charge is 2.22. The van der Waals surface area contributed by atoms with Gasteiger partial charge in [-0.25, -0.2) is 9.59 Å². The van der Waals surface area contributed by atoms with Crippen molar-refractivity contribution in [3.05, 3.63) is 35.9 Å². The minimum atomic E-state index is -1.09. The second-order valence-corrected chi connectivity index (χ2v) is 5.29. The van der Waals surface area contributed by atoms with Gasteiger partial charge in [0.2, 0.25) is 0 Å². The Bertz CT molecular complexity index is 462. The first-order valence-corrected chi connectivity index (χ1v) is 6.89. The summed E-state index contributed by atoms with van der Waals surface area (Å²) in [5, 5.41) is 14.5. The van der Waals surface area contributed by atoms with Gasteiger partial charge in [0.25, 0.3) is 0 Å². The maximum absolute atomic E-state index is 11.9. The minimum Gasteiger partial charge on any atom is -0.479 e. The molecule has 6 nitrogen and oxygen atoms in total. The number of rotatable bonds is 7. The molecule has 0 saturated heterocycles. The molecule has 21 heavy (non-hydrogen) atoms. The lowest BCUT2D eigenvalue weighted by atomic mass is 10.1. The van der Waals surface area contributed by atoms with Crippen molar-refractivity contribution in [2.45, 2.75) is 25.4 Å². The Balaban J connectivity index is 2.56. The Kier molecular flexibility index (Phi) is 6.68. The van der Waals surface area contributed by atoms with E-state index >= 15 is 0 Å². The molecule has 0 aliphatic heterocycles. The summed E-state index contributed by atoms with van der Waals surface area (Å²) in [6.07, 6.45) is 0.795. The van der Waals surface area contributed by atoms with Crippen LogP contribution in [-0.2, 0) is 4.79 Å². The van der Waals surface area contributed by atoms with Crippen molar-refractivity contribution in [2.24, 2.45) is 0 Å². The first-order valence-electron chi connectivity index (χ1n) is 6.89. The lowest BCUT2D eigenvalue weighted by Crippen LogP contribution is -2.45. The fourth-order valence-electron chi connectivity index (χ4n) is 1.85. The number of amides is 2. The third kappa shape index (κ3) is 6.27. The third-order valence-corrected chi connectivity index (χ3v) is 3.04. The summed E-state index contributed by atoms with van der Waals surface area (Å²) >= 11 is 0. The molecule has 0 saturated carbocycles. The van der Waals surface area contributed by atoms with Crippen LogP contribution in [0.4, 0.5) is 4.79 Å². The zero-order valence-corrected chi connectivity index (χ0v) is 12.7. The van der Waals surface area contributed by atoms with E-state index in [4.69, 9.17) is 0 Å². The maximum atomic E-state index is 11.9. The highest BCUT2D eigenvalue weighted by Crippen LogP contribution is 2.12. The molecule has 0 bridgehead atoms. The van der Waals surface area contributed by atoms with Crippen LogP contribution in [0, 0.1) is 0 Å². The number of benzene rings is 1. The molecule has 6 heteroatoms. The van der Waals surface area contributed by atoms with Crippen LogP contribution in [0.25, 0.3) is 0 Å². The molecule has 1 rings (SSSR count). The summed E-state index contributed by atoms with van der Waals surface area (Å²) in [5.74, 6) is -1.09. The summed E-state index contributed by atoms with van der Waals surface area (Å²) in [4.78, 5) is 25.2. The van der Waals surface area contributed by atoms with E-state index in [1.807, 2.05) is 25.9 Å². The number of carboxylic acid groups (broad SMARTS) is 1. The van der Waals surface area contributed by atoms with Gasteiger partial charge in [-0.15, -0.1) is 0 Å². The molecular weight excluding hydrogens is 270 g/mol. The monoisotopic (exact) mass is 293 g/mol. The van der Waals surface area contributed by atoms with Crippen molar-refractivity contribution < 1.29 is 14.7 Å². The van der Waals surface area contributed by atoms with Gasteiger partial charge < -0.3 is 20.6 Å². The largest absolute Gasteiger partial charge is 0.479 e. The fraction of sp³-hybridized carbons (Fsp3) is 0.467. The summed E-state index contributed by atoms with van der Waals surface area (Å²) in [5.41, 5.74) is 0.543. The molecule has 0 fully saturated rings. The SMILES string of the molecule is CC(CCN(C)C)NC(=O)N[C@H](C(=O)O)c1ccccc1. The van der Waals surface area contributed by atoms with Crippen LogP contribution >= 0.6 is 0 Å². The highest BCUT2D eigenvalue weighted by molar-refractivity contribution is 5.83. The molecule has 1 unspecified atom stereocenters. The predicted octanol–water partition coefficient (Wildman–Crippen LogP) is 1.45. The number of urea groups is 1. The predicted molar refractivity (Wildman–Crippen MR) is 81.1 cm³/mol. The maximum Gasteiger partial charge on any atom is 0.330 e. The molecule has 0 radical (unpaired) electrons. The van der Waals surface area contributed by atoms with E-state index in [0.29, 0.717) is 5.56 Å². The molecule has 0 aliphatic rings. The number of nitrogens with zero attached hydrogens (tertiary/aromatic N) is 1. The first kappa shape index (κ1) is 17.0. The second-order valence-electron chi connectivity index (χ2n) is 5.29. The number of carboxylic acids is 1. The topological polar surface area (TPSA) is 81.7 Å². The summed E-state index contributed by atoms with van der Waals surface area (Å²) < 4.78 is 0. The van der Waals surface area contributed by atoms with E-state index in [9.17, 15) is 14.7 Å². The number of hydrogen-bond donors (Lipinski definition) is 3. The van der Waals surface area contributed by atoms with E-state index in [0.717, 1.165) is 13.0 Å². The Morgan fingerprint density at radius 2 is 1.81 bits per heavy atom. The van der Waals surface area contributed by atoms with Gasteiger partial charge in [-0.05, 0) is 39.5 Å². The van der Waals surface area contributed by atoms with Crippen LogP contribution in [0.3, 0.4) is 0 Å². The smallest absolute Gasteiger partial charge is 0.330 e. The first-order chi connectivity index (χ1) is 9.90. The quantitative estimate of drug-likeness (QED) is 0.711. The molecule has 0 spiro atoms. The van der Waals surface area contributed by atoms with Crippen molar-refractivity contribution in [3.8, 4) is 0 Å². The molecule has 0 aromatic heterocycles. The molecule has 116 valence electrons. The summed E-state index contributed by atoms with van der Waals surface area (Å²) in [7, 11) is 3.92. The summed E-state index contributed by atoms with van der Waals surface area (Å²) in [6, 6.07) is 7.08. The van der Waals surface area contributed by atoms with Crippen LogP contribution in [0.5, 0.6) is 0 Å². The zero-order valence-electron chi connectivity index (χ0n) is 12.7. The minimum absolute atomic E-state index is 0.0300. The van der Waals surface area contributed by atoms with Crippen LogP contribution < -0.4 is 10.6 Å². The van der Waals surface area contributed by atoms with Crippen molar-refractivity contribution in [2.75, 3.05) is 20.6 Å². The van der Waals surface area contributed by atoms with Crippen LogP contribution in [0.1, 0.15) is 24.9 Å². The Morgan fingerprint density at radius 1 is 1.19 bits per heavy atom. The Labute approximate surface area is 125 Å². The molecule has 2 amide bonds. The van der Waals surface area contributed by atoms with Gasteiger partial charge in [-0.2, -0.15) is 0 Å². The number of aliphatic carboxylic acids is 1. The van der Waals surface area contributed by atoms with Gasteiger partial charge in [0, 0.05) is 6.04 Å². The molecule has 1 aromatic carbocycles. The molecule has 1 aromatic rings. The lowest BCUT2D eigenvalue weighted by Gasteiger charge is -2.19. The Hall–Kier alpha value is -2.08. The van der Waals surface area contributed by atoms with Gasteiger partial charge in [-0.3, -0.25) is 0 Å². The van der Waals surface area contributed by atoms with Crippen molar-refractivity contribution in [1.29, 1.82) is 0 Å². The van der Waals surface area contributed by atoms with Crippen molar-refractivity contribution in [1.82, 2.24) is 15.5 Å². The number of nitrogens with one attached hydrogen (secondary N) is 2. The molecule has 0 aliphatic carbocycles. The van der Waals surface area contributed by atoms with E-state index in [-0.39, 0.29) is 6.04 Å². The van der Waals surface area contributed by atoms with Gasteiger partial charge >= 0.3 is 12.0 Å². The highest BCUT2D eigenvalue weighted by atomic mass is 16.4. The Morgan fingerprint density at radius 3 is 2.33 bits per heavy atom. The second kappa shape index (κ2) is 8.26.